The predicted molar refractivity (Wildman–Crippen MR) is 53.6 cm³/mol. The van der Waals surface area contributed by atoms with E-state index in [0.717, 1.165) is 25.2 Å². The summed E-state index contributed by atoms with van der Waals surface area (Å²) in [7, 11) is 0. The van der Waals surface area contributed by atoms with Gasteiger partial charge in [0, 0.05) is 25.2 Å². The Morgan fingerprint density at radius 1 is 1.62 bits per heavy atom. The van der Waals surface area contributed by atoms with Crippen LogP contribution in [0.5, 0.6) is 0 Å². The molecule has 1 aromatic heterocycles. The van der Waals surface area contributed by atoms with E-state index in [1.807, 2.05) is 0 Å². The molecule has 0 radical (unpaired) electrons. The molecule has 0 aliphatic carbocycles. The van der Waals surface area contributed by atoms with Gasteiger partial charge in [-0.05, 0) is 17.5 Å². The van der Waals surface area contributed by atoms with Crippen molar-refractivity contribution in [1.82, 2.24) is 10.3 Å². The molecule has 1 atom stereocenters. The Bertz CT molecular complexity index is 309. The first-order valence-corrected chi connectivity index (χ1v) is 4.72. The van der Waals surface area contributed by atoms with Gasteiger partial charge in [-0.3, -0.25) is 4.98 Å². The molecule has 2 rings (SSSR count). The molecule has 0 fully saturated rings. The second-order valence-corrected chi connectivity index (χ2v) is 3.66. The third-order valence-corrected chi connectivity index (χ3v) is 2.54. The van der Waals surface area contributed by atoms with E-state index in [4.69, 9.17) is 5.73 Å². The summed E-state index contributed by atoms with van der Waals surface area (Å²) >= 11 is 0. The third kappa shape index (κ3) is 1.65. The lowest BCUT2D eigenvalue weighted by atomic mass is 9.99. The largest absolute Gasteiger partial charge is 0.397 e. The van der Waals surface area contributed by atoms with Crippen LogP contribution in [0, 0.1) is 0 Å². The maximum atomic E-state index is 5.71. The zero-order chi connectivity index (χ0) is 9.26. The second kappa shape index (κ2) is 3.34. The van der Waals surface area contributed by atoms with E-state index in [-0.39, 0.29) is 0 Å². The maximum Gasteiger partial charge on any atom is 0.0503 e. The fourth-order valence-electron chi connectivity index (χ4n) is 1.80. The van der Waals surface area contributed by atoms with Gasteiger partial charge in [0.1, 0.15) is 0 Å². The molecule has 0 saturated heterocycles. The van der Waals surface area contributed by atoms with Crippen LogP contribution in [0.4, 0.5) is 5.69 Å². The summed E-state index contributed by atoms with van der Waals surface area (Å²) in [6.45, 7) is 4.25. The van der Waals surface area contributed by atoms with Crippen molar-refractivity contribution in [3.63, 3.8) is 0 Å². The summed E-state index contributed by atoms with van der Waals surface area (Å²) in [4.78, 5) is 4.36. The van der Waals surface area contributed by atoms with Gasteiger partial charge in [-0.2, -0.15) is 0 Å². The zero-order valence-electron chi connectivity index (χ0n) is 7.88. The highest BCUT2D eigenvalue weighted by atomic mass is 14.9. The monoisotopic (exact) mass is 177 g/mol. The Hall–Kier alpha value is -1.09. The third-order valence-electron chi connectivity index (χ3n) is 2.54. The van der Waals surface area contributed by atoms with Crippen LogP contribution in [0.3, 0.4) is 0 Å². The van der Waals surface area contributed by atoms with E-state index in [0.29, 0.717) is 5.92 Å². The highest BCUT2D eigenvalue weighted by Crippen LogP contribution is 2.22. The zero-order valence-corrected chi connectivity index (χ0v) is 7.88. The molecule has 13 heavy (non-hydrogen) atoms. The number of hydrogen-bond acceptors (Lipinski definition) is 3. The maximum absolute atomic E-state index is 5.71. The number of anilines is 1. The summed E-state index contributed by atoms with van der Waals surface area (Å²) in [5, 5.41) is 3.38. The molecule has 2 heterocycles. The van der Waals surface area contributed by atoms with E-state index in [2.05, 4.69) is 23.3 Å². The van der Waals surface area contributed by atoms with Crippen molar-refractivity contribution in [2.45, 2.75) is 19.3 Å². The van der Waals surface area contributed by atoms with Crippen molar-refractivity contribution in [3.8, 4) is 0 Å². The van der Waals surface area contributed by atoms with E-state index in [1.165, 1.54) is 11.3 Å². The number of aromatic nitrogens is 1. The molecule has 3 nitrogen and oxygen atoms in total. The summed E-state index contributed by atoms with van der Waals surface area (Å²) in [5.74, 6) is 0.522. The average molecular weight is 177 g/mol. The highest BCUT2D eigenvalue weighted by molar-refractivity contribution is 5.42. The summed E-state index contributed by atoms with van der Waals surface area (Å²) in [6, 6.07) is 2.06. The lowest BCUT2D eigenvalue weighted by Crippen LogP contribution is -2.18. The average Bonchev–Trinajstić information content (AvgIpc) is 2.29. The van der Waals surface area contributed by atoms with Gasteiger partial charge in [-0.1, -0.05) is 6.92 Å². The number of nitrogens with one attached hydrogen (secondary N) is 1. The van der Waals surface area contributed by atoms with Gasteiger partial charge in [-0.15, -0.1) is 0 Å². The molecule has 1 aliphatic heterocycles. The van der Waals surface area contributed by atoms with Crippen LogP contribution in [-0.2, 0) is 6.42 Å². The van der Waals surface area contributed by atoms with E-state index < -0.39 is 0 Å². The van der Waals surface area contributed by atoms with Gasteiger partial charge in [0.05, 0.1) is 11.9 Å². The van der Waals surface area contributed by atoms with Gasteiger partial charge in [0.15, 0.2) is 0 Å². The molecular weight excluding hydrogens is 162 g/mol. The molecule has 1 aromatic rings. The van der Waals surface area contributed by atoms with Crippen molar-refractivity contribution in [2.24, 2.45) is 0 Å². The second-order valence-electron chi connectivity index (χ2n) is 3.66. The minimum atomic E-state index is 0.522. The van der Waals surface area contributed by atoms with Crippen molar-refractivity contribution >= 4 is 5.69 Å². The Balaban J connectivity index is 2.43. The molecular formula is C10H15N3. The number of nitrogens with zero attached hydrogens (tertiary/aromatic N) is 1. The highest BCUT2D eigenvalue weighted by Gasteiger charge is 2.15. The number of nitrogen functional groups attached to an aromatic ring is 1. The fraction of sp³-hybridized carbons (Fsp3) is 0.500. The molecule has 1 unspecified atom stereocenters. The normalized spacial score (nSPS) is 22.1. The first kappa shape index (κ1) is 8.51. The number of hydrogen-bond donors (Lipinski definition) is 2. The van der Waals surface area contributed by atoms with Crippen LogP contribution in [0.25, 0.3) is 0 Å². The van der Waals surface area contributed by atoms with Crippen LogP contribution in [0.15, 0.2) is 12.3 Å². The van der Waals surface area contributed by atoms with Crippen LogP contribution in [0.1, 0.15) is 24.1 Å². The number of pyridine rings is 1. The molecule has 70 valence electrons. The first-order chi connectivity index (χ1) is 6.27. The SMILES string of the molecule is CC1CNCCc2ncc(N)cc21. The van der Waals surface area contributed by atoms with Crippen molar-refractivity contribution in [3.05, 3.63) is 23.5 Å². The van der Waals surface area contributed by atoms with Crippen molar-refractivity contribution < 1.29 is 0 Å². The smallest absolute Gasteiger partial charge is 0.0503 e. The fourth-order valence-corrected chi connectivity index (χ4v) is 1.80. The van der Waals surface area contributed by atoms with Crippen molar-refractivity contribution in [1.29, 1.82) is 0 Å². The van der Waals surface area contributed by atoms with E-state index in [9.17, 15) is 0 Å². The van der Waals surface area contributed by atoms with Gasteiger partial charge in [-0.25, -0.2) is 0 Å². The quantitative estimate of drug-likeness (QED) is 0.619. The lowest BCUT2D eigenvalue weighted by molar-refractivity contribution is 0.644. The van der Waals surface area contributed by atoms with Gasteiger partial charge >= 0.3 is 0 Å². The number of rotatable bonds is 0. The molecule has 0 bridgehead atoms. The predicted octanol–water partition coefficient (Wildman–Crippen LogP) is 0.913. The van der Waals surface area contributed by atoms with E-state index >= 15 is 0 Å². The minimum Gasteiger partial charge on any atom is -0.397 e. The van der Waals surface area contributed by atoms with Gasteiger partial charge in [0.2, 0.25) is 0 Å². The standard InChI is InChI=1S/C10H15N3/c1-7-5-12-3-2-10-9(7)4-8(11)6-13-10/h4,6-7,12H,2-3,5,11H2,1H3. The Kier molecular flexibility index (Phi) is 2.19. The van der Waals surface area contributed by atoms with Gasteiger partial charge < -0.3 is 11.1 Å². The van der Waals surface area contributed by atoms with Crippen LogP contribution < -0.4 is 11.1 Å². The van der Waals surface area contributed by atoms with Crippen LogP contribution in [0.2, 0.25) is 0 Å². The van der Waals surface area contributed by atoms with Crippen molar-refractivity contribution in [2.75, 3.05) is 18.8 Å². The molecule has 0 aromatic carbocycles. The molecule has 0 spiro atoms. The van der Waals surface area contributed by atoms with Gasteiger partial charge in [0.25, 0.3) is 0 Å². The number of fused-ring (bicyclic) bond motifs is 1. The van der Waals surface area contributed by atoms with E-state index in [1.54, 1.807) is 6.20 Å². The molecule has 1 aliphatic rings. The van der Waals surface area contributed by atoms with Crippen LogP contribution in [-0.4, -0.2) is 18.1 Å². The molecule has 3 N–H and O–H groups in total. The molecule has 3 heteroatoms. The lowest BCUT2D eigenvalue weighted by Gasteiger charge is -2.11. The Morgan fingerprint density at radius 2 is 2.46 bits per heavy atom. The molecule has 0 saturated carbocycles. The Morgan fingerprint density at radius 3 is 3.31 bits per heavy atom. The summed E-state index contributed by atoms with van der Waals surface area (Å²) in [5.41, 5.74) is 8.99. The summed E-state index contributed by atoms with van der Waals surface area (Å²) in [6.07, 6.45) is 2.76. The Labute approximate surface area is 78.4 Å². The number of nitrogens with two attached hydrogens (primary N) is 1. The topological polar surface area (TPSA) is 50.9 Å². The molecule has 0 amide bonds. The minimum absolute atomic E-state index is 0.522. The first-order valence-electron chi connectivity index (χ1n) is 4.72. The van der Waals surface area contributed by atoms with Crippen LogP contribution >= 0.6 is 0 Å². The summed E-state index contributed by atoms with van der Waals surface area (Å²) < 4.78 is 0.